The number of rotatable bonds is 7. The average Bonchev–Trinajstić information content (AvgIpc) is 2.73. The molecule has 7 heteroatoms. The summed E-state index contributed by atoms with van der Waals surface area (Å²) in [7, 11) is 1.58. The molecule has 0 atom stereocenters. The number of nitrogens with zero attached hydrogens (tertiary/aromatic N) is 1. The number of carbonyl (C=O) groups is 1. The van der Waals surface area contributed by atoms with Crippen molar-refractivity contribution in [2.24, 2.45) is 5.10 Å². The third kappa shape index (κ3) is 5.92. The SMILES string of the molecule is COc1ccc(Br)cc1C=NNC(=O)c1cc(Br)ccc1OCc1ccccc1. The van der Waals surface area contributed by atoms with Gasteiger partial charge in [0.15, 0.2) is 0 Å². The lowest BCUT2D eigenvalue weighted by molar-refractivity contribution is 0.0950. The Labute approximate surface area is 186 Å². The lowest BCUT2D eigenvalue weighted by atomic mass is 10.2. The predicted octanol–water partition coefficient (Wildman–Crippen LogP) is 5.56. The lowest BCUT2D eigenvalue weighted by Gasteiger charge is -2.11. The highest BCUT2D eigenvalue weighted by Gasteiger charge is 2.13. The van der Waals surface area contributed by atoms with E-state index >= 15 is 0 Å². The van der Waals surface area contributed by atoms with E-state index in [1.54, 1.807) is 19.2 Å². The summed E-state index contributed by atoms with van der Waals surface area (Å²) in [5.74, 6) is 0.755. The Kier molecular flexibility index (Phi) is 7.43. The van der Waals surface area contributed by atoms with Crippen LogP contribution in [0.5, 0.6) is 11.5 Å². The van der Waals surface area contributed by atoms with Gasteiger partial charge < -0.3 is 9.47 Å². The van der Waals surface area contributed by atoms with E-state index in [-0.39, 0.29) is 5.91 Å². The number of benzene rings is 3. The van der Waals surface area contributed by atoms with Crippen molar-refractivity contribution in [1.29, 1.82) is 0 Å². The Morgan fingerprint density at radius 2 is 1.69 bits per heavy atom. The van der Waals surface area contributed by atoms with E-state index in [4.69, 9.17) is 9.47 Å². The summed E-state index contributed by atoms with van der Waals surface area (Å²) in [5, 5.41) is 4.06. The average molecular weight is 518 g/mol. The van der Waals surface area contributed by atoms with Crippen LogP contribution in [0.3, 0.4) is 0 Å². The molecular weight excluding hydrogens is 500 g/mol. The van der Waals surface area contributed by atoms with Crippen LogP contribution < -0.4 is 14.9 Å². The van der Waals surface area contributed by atoms with Crippen molar-refractivity contribution in [3.63, 3.8) is 0 Å². The standard InChI is InChI=1S/C22H18Br2N2O3/c1-28-20-9-7-17(23)11-16(20)13-25-26-22(27)19-12-18(24)8-10-21(19)29-14-15-5-3-2-4-6-15/h2-13H,14H2,1H3,(H,26,27). The predicted molar refractivity (Wildman–Crippen MR) is 121 cm³/mol. The van der Waals surface area contributed by atoms with Crippen molar-refractivity contribution in [2.75, 3.05) is 7.11 Å². The number of ether oxygens (including phenoxy) is 2. The number of hydrogen-bond acceptors (Lipinski definition) is 4. The highest BCUT2D eigenvalue weighted by atomic mass is 79.9. The first-order valence-corrected chi connectivity index (χ1v) is 10.3. The molecule has 3 rings (SSSR count). The molecule has 29 heavy (non-hydrogen) atoms. The van der Waals surface area contributed by atoms with E-state index in [0.717, 1.165) is 20.1 Å². The number of hydrazone groups is 1. The van der Waals surface area contributed by atoms with Crippen LogP contribution in [-0.2, 0) is 6.61 Å². The Balaban J connectivity index is 1.73. The second-order valence-electron chi connectivity index (χ2n) is 6.00. The zero-order chi connectivity index (χ0) is 20.6. The van der Waals surface area contributed by atoms with Gasteiger partial charge in [0.05, 0.1) is 18.9 Å². The maximum atomic E-state index is 12.7. The van der Waals surface area contributed by atoms with Crippen LogP contribution in [0.1, 0.15) is 21.5 Å². The van der Waals surface area contributed by atoms with Gasteiger partial charge in [0, 0.05) is 14.5 Å². The van der Waals surface area contributed by atoms with Gasteiger partial charge in [0.25, 0.3) is 5.91 Å². The van der Waals surface area contributed by atoms with Crippen molar-refractivity contribution in [3.8, 4) is 11.5 Å². The van der Waals surface area contributed by atoms with Gasteiger partial charge in [-0.3, -0.25) is 4.79 Å². The number of methoxy groups -OCH3 is 1. The van der Waals surface area contributed by atoms with Crippen LogP contribution in [0, 0.1) is 0 Å². The molecule has 0 aliphatic rings. The van der Waals surface area contributed by atoms with Crippen LogP contribution in [0.25, 0.3) is 0 Å². The first-order chi connectivity index (χ1) is 14.1. The normalized spacial score (nSPS) is 10.7. The first kappa shape index (κ1) is 21.1. The second-order valence-corrected chi connectivity index (χ2v) is 7.83. The van der Waals surface area contributed by atoms with Gasteiger partial charge in [0.1, 0.15) is 18.1 Å². The summed E-state index contributed by atoms with van der Waals surface area (Å²) in [6.07, 6.45) is 1.53. The van der Waals surface area contributed by atoms with Crippen molar-refractivity contribution >= 4 is 44.0 Å². The molecule has 0 aromatic heterocycles. The number of hydrogen-bond donors (Lipinski definition) is 1. The van der Waals surface area contributed by atoms with Gasteiger partial charge in [-0.15, -0.1) is 0 Å². The van der Waals surface area contributed by atoms with E-state index in [0.29, 0.717) is 23.7 Å². The van der Waals surface area contributed by atoms with Crippen LogP contribution in [-0.4, -0.2) is 19.2 Å². The highest BCUT2D eigenvalue weighted by Crippen LogP contribution is 2.24. The molecule has 1 amide bonds. The zero-order valence-electron chi connectivity index (χ0n) is 15.6. The number of halogens is 2. The van der Waals surface area contributed by atoms with Crippen LogP contribution >= 0.6 is 31.9 Å². The van der Waals surface area contributed by atoms with Crippen LogP contribution in [0.15, 0.2) is 80.8 Å². The molecule has 5 nitrogen and oxygen atoms in total. The van der Waals surface area contributed by atoms with Crippen LogP contribution in [0.2, 0.25) is 0 Å². The van der Waals surface area contributed by atoms with Crippen LogP contribution in [0.4, 0.5) is 0 Å². The monoisotopic (exact) mass is 516 g/mol. The van der Waals surface area contributed by atoms with Gasteiger partial charge in [-0.2, -0.15) is 5.10 Å². The molecule has 0 aliphatic heterocycles. The number of carbonyl (C=O) groups excluding carboxylic acids is 1. The molecule has 0 fully saturated rings. The Hall–Kier alpha value is -2.64. The van der Waals surface area contributed by atoms with Crippen molar-refractivity contribution in [1.82, 2.24) is 5.43 Å². The van der Waals surface area contributed by atoms with E-state index in [9.17, 15) is 4.79 Å². The molecule has 0 heterocycles. The molecule has 0 bridgehead atoms. The second kappa shape index (κ2) is 10.2. The summed E-state index contributed by atoms with van der Waals surface area (Å²) in [6.45, 7) is 0.362. The molecule has 3 aromatic carbocycles. The molecule has 1 N–H and O–H groups in total. The van der Waals surface area contributed by atoms with Gasteiger partial charge in [-0.1, -0.05) is 62.2 Å². The minimum absolute atomic E-state index is 0.362. The summed E-state index contributed by atoms with van der Waals surface area (Å²) in [6, 6.07) is 20.6. The quantitative estimate of drug-likeness (QED) is 0.329. The van der Waals surface area contributed by atoms with E-state index < -0.39 is 0 Å². The highest BCUT2D eigenvalue weighted by molar-refractivity contribution is 9.10. The maximum absolute atomic E-state index is 12.7. The minimum atomic E-state index is -0.375. The first-order valence-electron chi connectivity index (χ1n) is 8.70. The smallest absolute Gasteiger partial charge is 0.275 e. The number of amides is 1. The topological polar surface area (TPSA) is 59.9 Å². The van der Waals surface area contributed by atoms with E-state index in [1.165, 1.54) is 6.21 Å². The fourth-order valence-corrected chi connectivity index (χ4v) is 3.31. The van der Waals surface area contributed by atoms with Gasteiger partial charge in [0.2, 0.25) is 0 Å². The third-order valence-electron chi connectivity index (χ3n) is 3.98. The minimum Gasteiger partial charge on any atom is -0.496 e. The summed E-state index contributed by atoms with van der Waals surface area (Å²) < 4.78 is 12.8. The molecule has 0 saturated carbocycles. The van der Waals surface area contributed by atoms with Gasteiger partial charge in [-0.05, 0) is 42.0 Å². The van der Waals surface area contributed by atoms with Crippen molar-refractivity contribution < 1.29 is 14.3 Å². The molecule has 0 spiro atoms. The third-order valence-corrected chi connectivity index (χ3v) is 4.97. The molecular formula is C22H18Br2N2O3. The fraction of sp³-hybridized carbons (Fsp3) is 0.0909. The molecule has 148 valence electrons. The van der Waals surface area contributed by atoms with E-state index in [1.807, 2.05) is 54.6 Å². The Bertz CT molecular complexity index is 1020. The van der Waals surface area contributed by atoms with Crippen molar-refractivity contribution in [3.05, 3.63) is 92.4 Å². The van der Waals surface area contributed by atoms with E-state index in [2.05, 4.69) is 42.4 Å². The van der Waals surface area contributed by atoms with Crippen molar-refractivity contribution in [2.45, 2.75) is 6.61 Å². The molecule has 0 saturated heterocycles. The zero-order valence-corrected chi connectivity index (χ0v) is 18.7. The summed E-state index contributed by atoms with van der Waals surface area (Å²) >= 11 is 6.81. The molecule has 0 radical (unpaired) electrons. The lowest BCUT2D eigenvalue weighted by Crippen LogP contribution is -2.19. The molecule has 0 aliphatic carbocycles. The number of nitrogens with one attached hydrogen (secondary N) is 1. The Morgan fingerprint density at radius 1 is 1.00 bits per heavy atom. The Morgan fingerprint density at radius 3 is 2.41 bits per heavy atom. The largest absolute Gasteiger partial charge is 0.496 e. The summed E-state index contributed by atoms with van der Waals surface area (Å²) in [4.78, 5) is 12.7. The molecule has 3 aromatic rings. The fourth-order valence-electron chi connectivity index (χ4n) is 2.57. The maximum Gasteiger partial charge on any atom is 0.275 e. The molecule has 0 unspecified atom stereocenters. The van der Waals surface area contributed by atoms with Gasteiger partial charge in [-0.25, -0.2) is 5.43 Å². The van der Waals surface area contributed by atoms with Gasteiger partial charge >= 0.3 is 0 Å². The summed E-state index contributed by atoms with van der Waals surface area (Å²) in [5.41, 5.74) is 4.67.